The Labute approximate surface area is 56.2 Å². The van der Waals surface area contributed by atoms with Crippen molar-refractivity contribution in [3.8, 4) is 0 Å². The summed E-state index contributed by atoms with van der Waals surface area (Å²) in [5.74, 6) is 1.14. The van der Waals surface area contributed by atoms with Crippen LogP contribution in [-0.4, -0.2) is 11.9 Å². The number of hydrogen-bond donors (Lipinski definition) is 1. The van der Waals surface area contributed by atoms with Crippen molar-refractivity contribution in [3.63, 3.8) is 0 Å². The van der Waals surface area contributed by atoms with Crippen LogP contribution in [-0.2, 0) is 0 Å². The van der Waals surface area contributed by atoms with Crippen molar-refractivity contribution in [3.05, 3.63) is 0 Å². The first-order chi connectivity index (χ1) is 3.72. The summed E-state index contributed by atoms with van der Waals surface area (Å²) in [5, 5.41) is 0. The first kappa shape index (κ1) is 8.25. The van der Waals surface area contributed by atoms with Crippen molar-refractivity contribution >= 4 is 11.6 Å². The van der Waals surface area contributed by atoms with Gasteiger partial charge in [0.25, 0.3) is 0 Å². The topological polar surface area (TPSA) is 26.0 Å². The Morgan fingerprint density at radius 3 is 2.25 bits per heavy atom. The van der Waals surface area contributed by atoms with Crippen LogP contribution < -0.4 is 5.73 Å². The molecule has 0 aromatic rings. The van der Waals surface area contributed by atoms with E-state index in [0.717, 1.165) is 6.42 Å². The molecule has 0 aliphatic heterocycles. The van der Waals surface area contributed by atoms with Gasteiger partial charge >= 0.3 is 0 Å². The van der Waals surface area contributed by atoms with Crippen LogP contribution in [0, 0.1) is 5.92 Å². The molecule has 0 aliphatic carbocycles. The van der Waals surface area contributed by atoms with Crippen molar-refractivity contribution in [2.45, 2.75) is 26.3 Å². The lowest BCUT2D eigenvalue weighted by molar-refractivity contribution is 0.473. The van der Waals surface area contributed by atoms with Gasteiger partial charge in [-0.25, -0.2) is 0 Å². The van der Waals surface area contributed by atoms with E-state index >= 15 is 0 Å². The minimum atomic E-state index is 0.182. The van der Waals surface area contributed by atoms with Gasteiger partial charge in [0.2, 0.25) is 0 Å². The van der Waals surface area contributed by atoms with Crippen molar-refractivity contribution in [1.82, 2.24) is 0 Å². The third-order valence-corrected chi connectivity index (χ3v) is 1.91. The summed E-state index contributed by atoms with van der Waals surface area (Å²) in [7, 11) is 0. The van der Waals surface area contributed by atoms with Crippen molar-refractivity contribution in [2.24, 2.45) is 11.7 Å². The molecule has 0 saturated heterocycles. The summed E-state index contributed by atoms with van der Waals surface area (Å²) < 4.78 is 0. The quantitative estimate of drug-likeness (QED) is 0.585. The molecule has 0 aromatic carbocycles. The molecule has 2 N–H and O–H groups in total. The summed E-state index contributed by atoms with van der Waals surface area (Å²) >= 11 is 5.50. The lowest BCUT2D eigenvalue weighted by atomic mass is 10.0. The third kappa shape index (κ3) is 2.53. The average molecular weight is 136 g/mol. The van der Waals surface area contributed by atoms with E-state index in [9.17, 15) is 0 Å². The highest BCUT2D eigenvalue weighted by atomic mass is 35.5. The smallest absolute Gasteiger partial charge is 0.0377 e. The van der Waals surface area contributed by atoms with E-state index in [1.807, 2.05) is 0 Å². The van der Waals surface area contributed by atoms with Gasteiger partial charge in [0.05, 0.1) is 0 Å². The lowest BCUT2D eigenvalue weighted by Crippen LogP contribution is -2.29. The molecule has 2 heteroatoms. The minimum absolute atomic E-state index is 0.182. The fourth-order valence-corrected chi connectivity index (χ4v) is 0.759. The largest absolute Gasteiger partial charge is 0.326 e. The van der Waals surface area contributed by atoms with Gasteiger partial charge in [-0.15, -0.1) is 11.6 Å². The van der Waals surface area contributed by atoms with Crippen LogP contribution in [0.15, 0.2) is 0 Å². The van der Waals surface area contributed by atoms with Crippen LogP contribution in [0.5, 0.6) is 0 Å². The Bertz CT molecular complexity index is 48.5. The van der Waals surface area contributed by atoms with Crippen molar-refractivity contribution < 1.29 is 0 Å². The maximum atomic E-state index is 5.60. The molecule has 0 rings (SSSR count). The molecule has 2 atom stereocenters. The van der Waals surface area contributed by atoms with Crippen LogP contribution in [0.1, 0.15) is 20.3 Å². The molecule has 0 unspecified atom stereocenters. The van der Waals surface area contributed by atoms with Crippen molar-refractivity contribution in [2.75, 3.05) is 5.88 Å². The molecular weight excluding hydrogens is 122 g/mol. The van der Waals surface area contributed by atoms with Gasteiger partial charge in [0.15, 0.2) is 0 Å². The first-order valence-electron chi connectivity index (χ1n) is 3.03. The molecule has 0 saturated carbocycles. The molecule has 0 fully saturated rings. The van der Waals surface area contributed by atoms with Gasteiger partial charge < -0.3 is 5.73 Å². The molecule has 0 bridgehead atoms. The first-order valence-corrected chi connectivity index (χ1v) is 3.57. The maximum Gasteiger partial charge on any atom is 0.0377 e. The lowest BCUT2D eigenvalue weighted by Gasteiger charge is -2.13. The zero-order valence-corrected chi connectivity index (χ0v) is 6.28. The molecule has 0 spiro atoms. The van der Waals surface area contributed by atoms with Gasteiger partial charge in [0, 0.05) is 11.9 Å². The molecule has 0 amide bonds. The molecule has 0 aromatic heterocycles. The van der Waals surface area contributed by atoms with Gasteiger partial charge in [0.1, 0.15) is 0 Å². The van der Waals surface area contributed by atoms with E-state index in [1.54, 1.807) is 0 Å². The normalized spacial score (nSPS) is 18.0. The molecule has 0 radical (unpaired) electrons. The highest BCUT2D eigenvalue weighted by Crippen LogP contribution is 2.05. The zero-order valence-electron chi connectivity index (χ0n) is 5.52. The van der Waals surface area contributed by atoms with Gasteiger partial charge in [-0.05, 0) is 5.92 Å². The van der Waals surface area contributed by atoms with E-state index in [2.05, 4.69) is 13.8 Å². The molecule has 8 heavy (non-hydrogen) atoms. The van der Waals surface area contributed by atoms with Crippen LogP contribution in [0.3, 0.4) is 0 Å². The Morgan fingerprint density at radius 1 is 1.62 bits per heavy atom. The minimum Gasteiger partial charge on any atom is -0.326 e. The number of nitrogens with two attached hydrogens (primary N) is 1. The summed E-state index contributed by atoms with van der Waals surface area (Å²) in [6.45, 7) is 4.24. The number of rotatable bonds is 3. The van der Waals surface area contributed by atoms with E-state index in [1.165, 1.54) is 0 Å². The van der Waals surface area contributed by atoms with Gasteiger partial charge in [-0.1, -0.05) is 20.3 Å². The Balaban J connectivity index is 3.29. The SMILES string of the molecule is CC[C@H](C)[C@H](N)CCl. The monoisotopic (exact) mass is 135 g/mol. The number of alkyl halides is 1. The molecule has 50 valence electrons. The molecule has 1 nitrogen and oxygen atoms in total. The maximum absolute atomic E-state index is 5.60. The van der Waals surface area contributed by atoms with E-state index in [0.29, 0.717) is 11.8 Å². The highest BCUT2D eigenvalue weighted by molar-refractivity contribution is 6.18. The molecule has 0 heterocycles. The van der Waals surface area contributed by atoms with E-state index < -0.39 is 0 Å². The average Bonchev–Trinajstić information content (AvgIpc) is 1.84. The van der Waals surface area contributed by atoms with Crippen LogP contribution in [0.25, 0.3) is 0 Å². The Kier molecular flexibility index (Phi) is 4.29. The predicted octanol–water partition coefficient (Wildman–Crippen LogP) is 1.60. The second kappa shape index (κ2) is 4.16. The van der Waals surface area contributed by atoms with E-state index in [4.69, 9.17) is 17.3 Å². The second-order valence-corrected chi connectivity index (χ2v) is 2.51. The van der Waals surface area contributed by atoms with Gasteiger partial charge in [-0.3, -0.25) is 0 Å². The fraction of sp³-hybridized carbons (Fsp3) is 1.00. The summed E-state index contributed by atoms with van der Waals surface area (Å²) in [6.07, 6.45) is 1.12. The Morgan fingerprint density at radius 2 is 2.12 bits per heavy atom. The van der Waals surface area contributed by atoms with Crippen LogP contribution >= 0.6 is 11.6 Å². The third-order valence-electron chi connectivity index (χ3n) is 1.55. The number of hydrogen-bond acceptors (Lipinski definition) is 1. The highest BCUT2D eigenvalue weighted by Gasteiger charge is 2.07. The van der Waals surface area contributed by atoms with Crippen LogP contribution in [0.4, 0.5) is 0 Å². The predicted molar refractivity (Wildman–Crippen MR) is 38.2 cm³/mol. The summed E-state index contributed by atoms with van der Waals surface area (Å²) in [5.41, 5.74) is 5.60. The second-order valence-electron chi connectivity index (χ2n) is 2.20. The van der Waals surface area contributed by atoms with E-state index in [-0.39, 0.29) is 6.04 Å². The standard InChI is InChI=1S/C6H14ClN/c1-3-5(2)6(8)4-7/h5-6H,3-4,8H2,1-2H3/t5-,6+/m0/s1. The summed E-state index contributed by atoms with van der Waals surface area (Å²) in [4.78, 5) is 0. The van der Waals surface area contributed by atoms with Crippen molar-refractivity contribution in [1.29, 1.82) is 0 Å². The zero-order chi connectivity index (χ0) is 6.57. The Hall–Kier alpha value is 0.250. The van der Waals surface area contributed by atoms with Crippen LogP contribution in [0.2, 0.25) is 0 Å². The molecular formula is C6H14ClN. The fourth-order valence-electron chi connectivity index (χ4n) is 0.455. The molecule has 0 aliphatic rings. The number of halogens is 1. The summed E-state index contributed by atoms with van der Waals surface area (Å²) in [6, 6.07) is 0.182. The van der Waals surface area contributed by atoms with Gasteiger partial charge in [-0.2, -0.15) is 0 Å².